The number of aryl methyl sites for hydroxylation is 1. The Balaban J connectivity index is 1.89. The zero-order valence-electron chi connectivity index (χ0n) is 10.4. The summed E-state index contributed by atoms with van der Waals surface area (Å²) in [5.41, 5.74) is 3.51. The molecule has 0 amide bonds. The van der Waals surface area contributed by atoms with Crippen LogP contribution >= 0.6 is 15.9 Å². The first-order valence-electron chi connectivity index (χ1n) is 6.24. The molecule has 0 unspecified atom stereocenters. The smallest absolute Gasteiger partial charge is 0.0968 e. The van der Waals surface area contributed by atoms with Crippen LogP contribution in [0.4, 0.5) is 0 Å². The lowest BCUT2D eigenvalue weighted by Gasteiger charge is -2.04. The Morgan fingerprint density at radius 2 is 2.28 bits per heavy atom. The van der Waals surface area contributed by atoms with Crippen molar-refractivity contribution in [3.05, 3.63) is 40.5 Å². The van der Waals surface area contributed by atoms with E-state index in [1.54, 1.807) is 0 Å². The molecule has 1 aromatic heterocycles. The molecule has 1 fully saturated rings. The topological polar surface area (TPSA) is 29.9 Å². The molecule has 0 atom stereocenters. The lowest BCUT2D eigenvalue weighted by molar-refractivity contribution is 0.687. The van der Waals surface area contributed by atoms with Crippen molar-refractivity contribution < 1.29 is 0 Å². The van der Waals surface area contributed by atoms with E-state index < -0.39 is 0 Å². The second-order valence-electron chi connectivity index (χ2n) is 4.84. The summed E-state index contributed by atoms with van der Waals surface area (Å²) in [6.45, 7) is 0.903. The number of aromatic nitrogens is 2. The molecule has 1 aromatic carbocycles. The van der Waals surface area contributed by atoms with Gasteiger partial charge in [-0.25, -0.2) is 0 Å². The molecule has 0 aliphatic heterocycles. The van der Waals surface area contributed by atoms with E-state index in [-0.39, 0.29) is 0 Å². The van der Waals surface area contributed by atoms with E-state index in [0.717, 1.165) is 28.3 Å². The van der Waals surface area contributed by atoms with Crippen LogP contribution in [0.25, 0.3) is 11.3 Å². The standard InChI is InChI=1S/C14H16BrN3/c1-18-9-11(8-16-13-5-6-13)14(17-18)10-3-2-4-12(15)7-10/h2-4,7,9,13,16H,5-6,8H2,1H3. The van der Waals surface area contributed by atoms with Gasteiger partial charge in [-0.2, -0.15) is 5.10 Å². The van der Waals surface area contributed by atoms with Crippen molar-refractivity contribution in [1.29, 1.82) is 0 Å². The van der Waals surface area contributed by atoms with Gasteiger partial charge in [-0.1, -0.05) is 28.1 Å². The number of benzene rings is 1. The average Bonchev–Trinajstić information content (AvgIpc) is 3.10. The molecular weight excluding hydrogens is 290 g/mol. The molecule has 0 bridgehead atoms. The Morgan fingerprint density at radius 3 is 3.00 bits per heavy atom. The van der Waals surface area contributed by atoms with E-state index in [0.29, 0.717) is 0 Å². The van der Waals surface area contributed by atoms with Gasteiger partial charge in [0.25, 0.3) is 0 Å². The van der Waals surface area contributed by atoms with Gasteiger partial charge in [0, 0.05) is 41.4 Å². The van der Waals surface area contributed by atoms with Crippen molar-refractivity contribution in [2.75, 3.05) is 0 Å². The number of hydrogen-bond acceptors (Lipinski definition) is 2. The predicted octanol–water partition coefficient (Wildman–Crippen LogP) is 3.10. The molecule has 0 saturated heterocycles. The molecule has 3 nitrogen and oxygen atoms in total. The van der Waals surface area contributed by atoms with Gasteiger partial charge in [0.2, 0.25) is 0 Å². The second-order valence-corrected chi connectivity index (χ2v) is 5.76. The van der Waals surface area contributed by atoms with Crippen LogP contribution in [0.3, 0.4) is 0 Å². The first-order valence-corrected chi connectivity index (χ1v) is 7.03. The zero-order valence-corrected chi connectivity index (χ0v) is 11.9. The van der Waals surface area contributed by atoms with Crippen LogP contribution < -0.4 is 5.32 Å². The summed E-state index contributed by atoms with van der Waals surface area (Å²) >= 11 is 3.51. The number of hydrogen-bond donors (Lipinski definition) is 1. The molecule has 18 heavy (non-hydrogen) atoms. The summed E-state index contributed by atoms with van der Waals surface area (Å²) in [5.74, 6) is 0. The largest absolute Gasteiger partial charge is 0.310 e. The van der Waals surface area contributed by atoms with E-state index in [1.807, 2.05) is 23.9 Å². The summed E-state index contributed by atoms with van der Waals surface area (Å²) in [6, 6.07) is 9.03. The van der Waals surface area contributed by atoms with Crippen molar-refractivity contribution in [2.45, 2.75) is 25.4 Å². The minimum Gasteiger partial charge on any atom is -0.310 e. The van der Waals surface area contributed by atoms with Crippen LogP contribution in [0.2, 0.25) is 0 Å². The highest BCUT2D eigenvalue weighted by molar-refractivity contribution is 9.10. The molecule has 1 heterocycles. The fourth-order valence-electron chi connectivity index (χ4n) is 2.09. The monoisotopic (exact) mass is 305 g/mol. The maximum atomic E-state index is 4.58. The lowest BCUT2D eigenvalue weighted by Crippen LogP contribution is -2.15. The van der Waals surface area contributed by atoms with Crippen molar-refractivity contribution in [3.8, 4) is 11.3 Å². The van der Waals surface area contributed by atoms with Crippen LogP contribution in [0.5, 0.6) is 0 Å². The third-order valence-corrected chi connectivity index (χ3v) is 3.65. The molecule has 94 valence electrons. The maximum absolute atomic E-state index is 4.58. The molecule has 1 N–H and O–H groups in total. The molecule has 0 spiro atoms. The highest BCUT2D eigenvalue weighted by Gasteiger charge is 2.21. The summed E-state index contributed by atoms with van der Waals surface area (Å²) in [7, 11) is 1.97. The van der Waals surface area contributed by atoms with Gasteiger partial charge in [-0.05, 0) is 25.0 Å². The first-order chi connectivity index (χ1) is 8.72. The van der Waals surface area contributed by atoms with Gasteiger partial charge < -0.3 is 5.32 Å². The Bertz CT molecular complexity index is 558. The summed E-state index contributed by atoms with van der Waals surface area (Å²) in [4.78, 5) is 0. The van der Waals surface area contributed by atoms with Gasteiger partial charge in [-0.15, -0.1) is 0 Å². The van der Waals surface area contributed by atoms with Gasteiger partial charge in [-0.3, -0.25) is 4.68 Å². The fourth-order valence-corrected chi connectivity index (χ4v) is 2.49. The molecule has 1 saturated carbocycles. The lowest BCUT2D eigenvalue weighted by atomic mass is 10.1. The quantitative estimate of drug-likeness (QED) is 0.940. The molecule has 1 aliphatic rings. The van der Waals surface area contributed by atoms with Gasteiger partial charge in [0.1, 0.15) is 0 Å². The third kappa shape index (κ3) is 2.65. The minimum absolute atomic E-state index is 0.723. The van der Waals surface area contributed by atoms with Gasteiger partial charge >= 0.3 is 0 Å². The Morgan fingerprint density at radius 1 is 1.44 bits per heavy atom. The maximum Gasteiger partial charge on any atom is 0.0968 e. The third-order valence-electron chi connectivity index (χ3n) is 3.16. The number of nitrogens with one attached hydrogen (secondary N) is 1. The summed E-state index contributed by atoms with van der Waals surface area (Å²) in [6.07, 6.45) is 4.73. The average molecular weight is 306 g/mol. The molecule has 0 radical (unpaired) electrons. The molecule has 2 aromatic rings. The van der Waals surface area contributed by atoms with Gasteiger partial charge in [0.15, 0.2) is 0 Å². The van der Waals surface area contributed by atoms with E-state index in [2.05, 4.69) is 44.7 Å². The number of rotatable bonds is 4. The normalized spacial score (nSPS) is 15.0. The van der Waals surface area contributed by atoms with Crippen molar-refractivity contribution in [2.24, 2.45) is 7.05 Å². The zero-order chi connectivity index (χ0) is 12.5. The second kappa shape index (κ2) is 4.86. The van der Waals surface area contributed by atoms with E-state index in [4.69, 9.17) is 0 Å². The van der Waals surface area contributed by atoms with E-state index in [9.17, 15) is 0 Å². The van der Waals surface area contributed by atoms with E-state index in [1.165, 1.54) is 18.4 Å². The first kappa shape index (κ1) is 11.9. The number of nitrogens with zero attached hydrogens (tertiary/aromatic N) is 2. The Hall–Kier alpha value is -1.13. The molecular formula is C14H16BrN3. The van der Waals surface area contributed by atoms with Crippen LogP contribution in [0.15, 0.2) is 34.9 Å². The van der Waals surface area contributed by atoms with Crippen LogP contribution in [0, 0.1) is 0 Å². The Labute approximate surface area is 115 Å². The fraction of sp³-hybridized carbons (Fsp3) is 0.357. The SMILES string of the molecule is Cn1cc(CNC2CC2)c(-c2cccc(Br)c2)n1. The van der Waals surface area contributed by atoms with Crippen LogP contribution in [0.1, 0.15) is 18.4 Å². The highest BCUT2D eigenvalue weighted by Crippen LogP contribution is 2.26. The van der Waals surface area contributed by atoms with E-state index >= 15 is 0 Å². The van der Waals surface area contributed by atoms with Gasteiger partial charge in [0.05, 0.1) is 5.69 Å². The molecule has 3 rings (SSSR count). The van der Waals surface area contributed by atoms with Crippen LogP contribution in [-0.2, 0) is 13.6 Å². The summed E-state index contributed by atoms with van der Waals surface area (Å²) < 4.78 is 2.98. The molecule has 4 heteroatoms. The van der Waals surface area contributed by atoms with Crippen LogP contribution in [-0.4, -0.2) is 15.8 Å². The highest BCUT2D eigenvalue weighted by atomic mass is 79.9. The number of halogens is 1. The minimum atomic E-state index is 0.723. The van der Waals surface area contributed by atoms with Crippen molar-refractivity contribution in [3.63, 3.8) is 0 Å². The summed E-state index contributed by atoms with van der Waals surface area (Å²) in [5, 5.41) is 8.12. The predicted molar refractivity (Wildman–Crippen MR) is 76.2 cm³/mol. The molecule has 1 aliphatic carbocycles. The van der Waals surface area contributed by atoms with Crippen molar-refractivity contribution >= 4 is 15.9 Å². The van der Waals surface area contributed by atoms with Crippen molar-refractivity contribution in [1.82, 2.24) is 15.1 Å². The Kier molecular flexibility index (Phi) is 3.22.